The second kappa shape index (κ2) is 6.12. The van der Waals surface area contributed by atoms with Gasteiger partial charge in [0.05, 0.1) is 6.20 Å². The Morgan fingerprint density at radius 2 is 2.05 bits per heavy atom. The average Bonchev–Trinajstić information content (AvgIpc) is 2.82. The lowest BCUT2D eigenvalue weighted by molar-refractivity contribution is -0.131. The molecule has 1 aromatic carbocycles. The molecule has 0 saturated carbocycles. The second-order valence-corrected chi connectivity index (χ2v) is 5.77. The zero-order valence-electron chi connectivity index (χ0n) is 12.4. The van der Waals surface area contributed by atoms with E-state index in [9.17, 15) is 4.79 Å². The van der Waals surface area contributed by atoms with Crippen molar-refractivity contribution in [3.05, 3.63) is 53.9 Å². The number of nitrogens with zero attached hydrogens (tertiary/aromatic N) is 3. The third-order valence-corrected chi connectivity index (χ3v) is 4.21. The summed E-state index contributed by atoms with van der Waals surface area (Å²) in [6, 6.07) is 10.5. The first-order chi connectivity index (χ1) is 10.2. The smallest absolute Gasteiger partial charge is 0.222 e. The van der Waals surface area contributed by atoms with E-state index in [1.165, 1.54) is 5.56 Å². The normalized spacial score (nSPS) is 19.6. The van der Waals surface area contributed by atoms with Gasteiger partial charge in [0.25, 0.3) is 0 Å². The third kappa shape index (κ3) is 3.32. The molecular formula is C17H21N3O. The van der Waals surface area contributed by atoms with E-state index >= 15 is 0 Å². The summed E-state index contributed by atoms with van der Waals surface area (Å²) < 4.78 is 1.78. The van der Waals surface area contributed by atoms with Crippen molar-refractivity contribution >= 4 is 5.91 Å². The molecule has 110 valence electrons. The van der Waals surface area contributed by atoms with Crippen LogP contribution in [0.4, 0.5) is 0 Å². The number of aryl methyl sites for hydroxylation is 1. The van der Waals surface area contributed by atoms with Gasteiger partial charge in [0, 0.05) is 38.3 Å². The van der Waals surface area contributed by atoms with Gasteiger partial charge in [0.1, 0.15) is 0 Å². The highest BCUT2D eigenvalue weighted by Crippen LogP contribution is 2.28. The van der Waals surface area contributed by atoms with Crippen molar-refractivity contribution in [2.75, 3.05) is 6.54 Å². The molecule has 1 saturated heterocycles. The Kier molecular flexibility index (Phi) is 4.04. The van der Waals surface area contributed by atoms with E-state index in [2.05, 4.69) is 29.4 Å². The average molecular weight is 283 g/mol. The summed E-state index contributed by atoms with van der Waals surface area (Å²) in [5.74, 6) is 0.756. The van der Waals surface area contributed by atoms with E-state index in [0.29, 0.717) is 18.9 Å². The van der Waals surface area contributed by atoms with Crippen LogP contribution in [0.3, 0.4) is 0 Å². The van der Waals surface area contributed by atoms with Crippen LogP contribution in [0.5, 0.6) is 0 Å². The van der Waals surface area contributed by atoms with Crippen molar-refractivity contribution in [1.82, 2.24) is 14.7 Å². The van der Waals surface area contributed by atoms with E-state index in [1.807, 2.05) is 30.4 Å². The van der Waals surface area contributed by atoms with Crippen LogP contribution >= 0.6 is 0 Å². The summed E-state index contributed by atoms with van der Waals surface area (Å²) >= 11 is 0. The Morgan fingerprint density at radius 1 is 1.24 bits per heavy atom. The fourth-order valence-corrected chi connectivity index (χ4v) is 3.04. The zero-order chi connectivity index (χ0) is 14.7. The minimum Gasteiger partial charge on any atom is -0.338 e. The summed E-state index contributed by atoms with van der Waals surface area (Å²) in [4.78, 5) is 14.3. The molecule has 1 atom stereocenters. The first-order valence-corrected chi connectivity index (χ1v) is 7.52. The van der Waals surface area contributed by atoms with Crippen molar-refractivity contribution < 1.29 is 4.79 Å². The Hall–Kier alpha value is -2.10. The summed E-state index contributed by atoms with van der Waals surface area (Å²) in [7, 11) is 1.90. The van der Waals surface area contributed by atoms with Crippen molar-refractivity contribution in [3.63, 3.8) is 0 Å². The fourth-order valence-electron chi connectivity index (χ4n) is 3.04. The predicted molar refractivity (Wildman–Crippen MR) is 81.7 cm³/mol. The number of amides is 1. The van der Waals surface area contributed by atoms with Gasteiger partial charge in [-0.2, -0.15) is 5.10 Å². The standard InChI is InChI=1S/C17H21N3O/c1-19-12-14(11-18-19)13-20-10-9-16(7-8-17(20)21)15-5-3-2-4-6-15/h2-6,11-12,16H,7-10,13H2,1H3. The number of aromatic nitrogens is 2. The van der Waals surface area contributed by atoms with Crippen molar-refractivity contribution in [2.24, 2.45) is 7.05 Å². The van der Waals surface area contributed by atoms with Gasteiger partial charge in [0.15, 0.2) is 0 Å². The van der Waals surface area contributed by atoms with Gasteiger partial charge < -0.3 is 4.90 Å². The molecule has 1 aliphatic rings. The number of likely N-dealkylation sites (tertiary alicyclic amines) is 1. The maximum atomic E-state index is 12.3. The van der Waals surface area contributed by atoms with Crippen LogP contribution in [-0.2, 0) is 18.4 Å². The molecular weight excluding hydrogens is 262 g/mol. The highest BCUT2D eigenvalue weighted by atomic mass is 16.2. The Labute approximate surface area is 125 Å². The molecule has 1 amide bonds. The molecule has 1 aliphatic heterocycles. The lowest BCUT2D eigenvalue weighted by Crippen LogP contribution is -2.29. The van der Waals surface area contributed by atoms with Gasteiger partial charge in [-0.1, -0.05) is 30.3 Å². The van der Waals surface area contributed by atoms with Crippen molar-refractivity contribution in [2.45, 2.75) is 31.7 Å². The molecule has 4 heteroatoms. The number of rotatable bonds is 3. The van der Waals surface area contributed by atoms with E-state index in [4.69, 9.17) is 0 Å². The minimum absolute atomic E-state index is 0.261. The van der Waals surface area contributed by atoms with Crippen LogP contribution in [0.2, 0.25) is 0 Å². The van der Waals surface area contributed by atoms with Gasteiger partial charge in [-0.3, -0.25) is 9.48 Å². The molecule has 0 spiro atoms. The van der Waals surface area contributed by atoms with Crippen LogP contribution in [0.1, 0.15) is 36.3 Å². The maximum absolute atomic E-state index is 12.3. The molecule has 21 heavy (non-hydrogen) atoms. The number of hydrogen-bond donors (Lipinski definition) is 0. The molecule has 1 fully saturated rings. The fraction of sp³-hybridized carbons (Fsp3) is 0.412. The van der Waals surface area contributed by atoms with Gasteiger partial charge in [-0.05, 0) is 24.3 Å². The van der Waals surface area contributed by atoms with Crippen LogP contribution in [0.15, 0.2) is 42.7 Å². The Balaban J connectivity index is 1.67. The third-order valence-electron chi connectivity index (χ3n) is 4.21. The summed E-state index contributed by atoms with van der Waals surface area (Å²) in [6.45, 7) is 1.50. The topological polar surface area (TPSA) is 38.1 Å². The first kappa shape index (κ1) is 13.9. The molecule has 2 aromatic rings. The van der Waals surface area contributed by atoms with Crippen LogP contribution < -0.4 is 0 Å². The SMILES string of the molecule is Cn1cc(CN2CCC(c3ccccc3)CCC2=O)cn1. The molecule has 1 unspecified atom stereocenters. The molecule has 0 bridgehead atoms. The monoisotopic (exact) mass is 283 g/mol. The van der Waals surface area contributed by atoms with E-state index < -0.39 is 0 Å². The molecule has 2 heterocycles. The molecule has 3 rings (SSSR count). The number of hydrogen-bond acceptors (Lipinski definition) is 2. The lowest BCUT2D eigenvalue weighted by atomic mass is 9.92. The lowest BCUT2D eigenvalue weighted by Gasteiger charge is -2.20. The molecule has 0 radical (unpaired) electrons. The second-order valence-electron chi connectivity index (χ2n) is 5.77. The first-order valence-electron chi connectivity index (χ1n) is 7.52. The number of benzene rings is 1. The Morgan fingerprint density at radius 3 is 2.76 bits per heavy atom. The van der Waals surface area contributed by atoms with Crippen LogP contribution in [-0.4, -0.2) is 27.1 Å². The van der Waals surface area contributed by atoms with E-state index in [0.717, 1.165) is 24.9 Å². The highest BCUT2D eigenvalue weighted by molar-refractivity contribution is 5.76. The number of carbonyl (C=O) groups is 1. The Bertz CT molecular complexity index is 606. The van der Waals surface area contributed by atoms with Crippen LogP contribution in [0, 0.1) is 0 Å². The van der Waals surface area contributed by atoms with E-state index in [-0.39, 0.29) is 5.91 Å². The number of carbonyl (C=O) groups excluding carboxylic acids is 1. The molecule has 1 aromatic heterocycles. The maximum Gasteiger partial charge on any atom is 0.222 e. The van der Waals surface area contributed by atoms with E-state index in [1.54, 1.807) is 4.68 Å². The minimum atomic E-state index is 0.261. The zero-order valence-corrected chi connectivity index (χ0v) is 12.4. The van der Waals surface area contributed by atoms with Crippen molar-refractivity contribution in [3.8, 4) is 0 Å². The summed E-state index contributed by atoms with van der Waals surface area (Å²) in [5.41, 5.74) is 2.46. The molecule has 0 aliphatic carbocycles. The van der Waals surface area contributed by atoms with Crippen LogP contribution in [0.25, 0.3) is 0 Å². The summed E-state index contributed by atoms with van der Waals surface area (Å²) in [6.07, 6.45) is 6.45. The van der Waals surface area contributed by atoms with Gasteiger partial charge in [-0.25, -0.2) is 0 Å². The summed E-state index contributed by atoms with van der Waals surface area (Å²) in [5, 5.41) is 4.17. The largest absolute Gasteiger partial charge is 0.338 e. The van der Waals surface area contributed by atoms with Gasteiger partial charge >= 0.3 is 0 Å². The predicted octanol–water partition coefficient (Wildman–Crippen LogP) is 2.72. The molecule has 4 nitrogen and oxygen atoms in total. The molecule has 0 N–H and O–H groups in total. The highest BCUT2D eigenvalue weighted by Gasteiger charge is 2.23. The quantitative estimate of drug-likeness (QED) is 0.868. The van der Waals surface area contributed by atoms with Gasteiger partial charge in [-0.15, -0.1) is 0 Å². The van der Waals surface area contributed by atoms with Crippen molar-refractivity contribution in [1.29, 1.82) is 0 Å². The van der Waals surface area contributed by atoms with Gasteiger partial charge in [0.2, 0.25) is 5.91 Å².